The molecule has 0 fully saturated rings. The zero-order valence-corrected chi connectivity index (χ0v) is 12.1. The van der Waals surface area contributed by atoms with E-state index in [0.29, 0.717) is 5.71 Å². The van der Waals surface area contributed by atoms with E-state index in [1.165, 1.54) is 0 Å². The lowest BCUT2D eigenvalue weighted by molar-refractivity contribution is 0.174. The van der Waals surface area contributed by atoms with Gasteiger partial charge in [-0.25, -0.2) is 0 Å². The summed E-state index contributed by atoms with van der Waals surface area (Å²) in [5.74, 6) is 0. The van der Waals surface area contributed by atoms with Crippen molar-refractivity contribution in [1.82, 2.24) is 0 Å². The number of nitrogens with zero attached hydrogens (tertiary/aromatic N) is 2. The van der Waals surface area contributed by atoms with Crippen molar-refractivity contribution in [2.75, 3.05) is 0 Å². The summed E-state index contributed by atoms with van der Waals surface area (Å²) in [5, 5.41) is 4.04. The third kappa shape index (κ3) is 4.20. The second-order valence-corrected chi connectivity index (χ2v) is 4.84. The Kier molecular flexibility index (Phi) is 4.81. The summed E-state index contributed by atoms with van der Waals surface area (Å²) in [6, 6.07) is 18.5. The fraction of sp³-hybridized carbons (Fsp3) is 0.125. The highest BCUT2D eigenvalue weighted by atomic mass is 35.5. The van der Waals surface area contributed by atoms with Gasteiger partial charge in [0.25, 0.3) is 0 Å². The molecule has 2 nitrogen and oxygen atoms in total. The van der Waals surface area contributed by atoms with Crippen LogP contribution in [0.3, 0.4) is 0 Å². The number of alkyl halides is 3. The van der Waals surface area contributed by atoms with Crippen LogP contribution >= 0.6 is 11.6 Å². The molecule has 0 aromatic heterocycles. The first-order valence-electron chi connectivity index (χ1n) is 6.29. The molecular weight excluding hydrogens is 294 g/mol. The van der Waals surface area contributed by atoms with Gasteiger partial charge in [-0.15, -0.1) is 5.10 Å². The summed E-state index contributed by atoms with van der Waals surface area (Å²) in [5.41, 5.74) is 1.54. The van der Waals surface area contributed by atoms with Crippen molar-refractivity contribution in [3.8, 4) is 0 Å². The molecule has 2 aromatic rings. The quantitative estimate of drug-likeness (QED) is 0.443. The van der Waals surface area contributed by atoms with Gasteiger partial charge in [-0.1, -0.05) is 60.7 Å². The lowest BCUT2D eigenvalue weighted by Gasteiger charge is -2.07. The molecule has 2 rings (SSSR count). The van der Waals surface area contributed by atoms with Crippen molar-refractivity contribution in [3.63, 3.8) is 0 Å². The summed E-state index contributed by atoms with van der Waals surface area (Å²) in [7, 11) is 0. The highest BCUT2D eigenvalue weighted by Gasteiger charge is 2.29. The Morgan fingerprint density at radius 2 is 1.29 bits per heavy atom. The Balaban J connectivity index is 2.48. The van der Waals surface area contributed by atoms with E-state index in [1.54, 1.807) is 0 Å². The average molecular weight is 307 g/mol. The SMILES string of the molecule is C/C(=N/N=C(c1ccccc1)c1ccccc1)C(F)(F)Cl. The highest BCUT2D eigenvalue weighted by Crippen LogP contribution is 2.21. The largest absolute Gasteiger partial charge is 0.362 e. The van der Waals surface area contributed by atoms with Crippen molar-refractivity contribution in [3.05, 3.63) is 71.8 Å². The Hall–Kier alpha value is -2.07. The maximum Gasteiger partial charge on any atom is 0.362 e. The molecule has 0 aliphatic carbocycles. The summed E-state index contributed by atoms with van der Waals surface area (Å²) in [6.07, 6.45) is 0. The van der Waals surface area contributed by atoms with Crippen molar-refractivity contribution >= 4 is 23.0 Å². The predicted octanol–water partition coefficient (Wildman–Crippen LogP) is 4.73. The molecule has 0 saturated carbocycles. The van der Waals surface area contributed by atoms with E-state index in [4.69, 9.17) is 11.6 Å². The van der Waals surface area contributed by atoms with Gasteiger partial charge in [0.05, 0.1) is 0 Å². The first-order valence-corrected chi connectivity index (χ1v) is 6.66. The molecule has 0 radical (unpaired) electrons. The molecule has 2 aromatic carbocycles. The smallest absolute Gasteiger partial charge is 0.182 e. The number of benzene rings is 2. The average Bonchev–Trinajstić information content (AvgIpc) is 2.48. The minimum atomic E-state index is -3.50. The molecule has 0 bridgehead atoms. The fourth-order valence-corrected chi connectivity index (χ4v) is 1.69. The minimum absolute atomic E-state index is 0.511. The number of hydrogen-bond donors (Lipinski definition) is 0. The van der Waals surface area contributed by atoms with Crippen LogP contribution in [-0.2, 0) is 0 Å². The van der Waals surface area contributed by atoms with Crippen LogP contribution in [-0.4, -0.2) is 16.8 Å². The molecule has 0 unspecified atom stereocenters. The Labute approximate surface area is 126 Å². The molecule has 5 heteroatoms. The van der Waals surface area contributed by atoms with Crippen molar-refractivity contribution < 1.29 is 8.78 Å². The Morgan fingerprint density at radius 1 is 0.857 bits per heavy atom. The van der Waals surface area contributed by atoms with E-state index in [-0.39, 0.29) is 0 Å². The van der Waals surface area contributed by atoms with Gasteiger partial charge < -0.3 is 0 Å². The minimum Gasteiger partial charge on any atom is -0.182 e. The van der Waals surface area contributed by atoms with Gasteiger partial charge >= 0.3 is 5.38 Å². The van der Waals surface area contributed by atoms with Gasteiger partial charge in [0.1, 0.15) is 11.4 Å². The molecule has 21 heavy (non-hydrogen) atoms. The van der Waals surface area contributed by atoms with Gasteiger partial charge in [0.15, 0.2) is 0 Å². The van der Waals surface area contributed by atoms with E-state index in [2.05, 4.69) is 10.2 Å². The van der Waals surface area contributed by atoms with E-state index in [9.17, 15) is 8.78 Å². The second kappa shape index (κ2) is 6.59. The Morgan fingerprint density at radius 3 is 1.67 bits per heavy atom. The van der Waals surface area contributed by atoms with Gasteiger partial charge in [-0.2, -0.15) is 13.9 Å². The van der Waals surface area contributed by atoms with E-state index >= 15 is 0 Å². The van der Waals surface area contributed by atoms with E-state index in [1.807, 2.05) is 60.7 Å². The van der Waals surface area contributed by atoms with E-state index < -0.39 is 11.1 Å². The predicted molar refractivity (Wildman–Crippen MR) is 82.4 cm³/mol. The second-order valence-electron chi connectivity index (χ2n) is 4.36. The van der Waals surface area contributed by atoms with Gasteiger partial charge in [0.2, 0.25) is 0 Å². The summed E-state index contributed by atoms with van der Waals surface area (Å²) in [4.78, 5) is 0. The summed E-state index contributed by atoms with van der Waals surface area (Å²) in [6.45, 7) is 1.14. The third-order valence-corrected chi connectivity index (χ3v) is 3.08. The zero-order chi connectivity index (χ0) is 15.3. The third-order valence-electron chi connectivity index (χ3n) is 2.80. The van der Waals surface area contributed by atoms with Crippen molar-refractivity contribution in [2.24, 2.45) is 10.2 Å². The normalized spacial score (nSPS) is 12.1. The van der Waals surface area contributed by atoms with Crippen LogP contribution in [0.1, 0.15) is 18.1 Å². The van der Waals surface area contributed by atoms with Crippen LogP contribution in [0, 0.1) is 0 Å². The van der Waals surface area contributed by atoms with Crippen LogP contribution in [0.5, 0.6) is 0 Å². The molecule has 0 saturated heterocycles. The maximum absolute atomic E-state index is 12.9. The van der Waals surface area contributed by atoms with Gasteiger partial charge in [-0.05, 0) is 18.5 Å². The fourth-order valence-electron chi connectivity index (χ4n) is 1.66. The number of rotatable bonds is 4. The molecule has 0 N–H and O–H groups in total. The van der Waals surface area contributed by atoms with Gasteiger partial charge in [-0.3, -0.25) is 0 Å². The lowest BCUT2D eigenvalue weighted by atomic mass is 10.0. The molecule has 0 aliphatic rings. The molecule has 108 valence electrons. The molecular formula is C16H13ClF2N2. The zero-order valence-electron chi connectivity index (χ0n) is 11.3. The van der Waals surface area contributed by atoms with E-state index in [0.717, 1.165) is 18.1 Å². The van der Waals surface area contributed by atoms with Crippen LogP contribution in [0.15, 0.2) is 70.9 Å². The van der Waals surface area contributed by atoms with Crippen LogP contribution in [0.2, 0.25) is 0 Å². The maximum atomic E-state index is 12.9. The van der Waals surface area contributed by atoms with Crippen molar-refractivity contribution in [2.45, 2.75) is 12.3 Å². The summed E-state index contributed by atoms with van der Waals surface area (Å²) >= 11 is 4.93. The molecule has 0 heterocycles. The summed E-state index contributed by atoms with van der Waals surface area (Å²) < 4.78 is 25.9. The molecule has 0 amide bonds. The first-order chi connectivity index (χ1) is 9.98. The highest BCUT2D eigenvalue weighted by molar-refractivity contribution is 6.33. The lowest BCUT2D eigenvalue weighted by Crippen LogP contribution is -2.17. The van der Waals surface area contributed by atoms with Crippen molar-refractivity contribution in [1.29, 1.82) is 0 Å². The van der Waals surface area contributed by atoms with Crippen LogP contribution in [0.25, 0.3) is 0 Å². The molecule has 0 spiro atoms. The topological polar surface area (TPSA) is 24.7 Å². The monoisotopic (exact) mass is 306 g/mol. The van der Waals surface area contributed by atoms with Crippen LogP contribution in [0.4, 0.5) is 8.78 Å². The standard InChI is InChI=1S/C16H13ClF2N2/c1-12(16(17,18)19)20-21-15(13-8-4-2-5-9-13)14-10-6-3-7-11-14/h2-11H,1H3/b20-12-. The number of hydrogen-bond acceptors (Lipinski definition) is 2. The molecule has 0 aliphatic heterocycles. The van der Waals surface area contributed by atoms with Gasteiger partial charge in [0, 0.05) is 11.1 Å². The number of halogens is 3. The Bertz CT molecular complexity index is 605. The molecule has 0 atom stereocenters. The first kappa shape index (κ1) is 15.3. The van der Waals surface area contributed by atoms with Crippen LogP contribution < -0.4 is 0 Å².